The zero-order valence-corrected chi connectivity index (χ0v) is 13.5. The van der Waals surface area contributed by atoms with Gasteiger partial charge in [-0.05, 0) is 29.8 Å². The Morgan fingerprint density at radius 2 is 1.62 bits per heavy atom. The quantitative estimate of drug-likeness (QED) is 0.652. The van der Waals surface area contributed by atoms with Crippen molar-refractivity contribution < 1.29 is 23.4 Å². The number of rotatable bonds is 6. The number of methoxy groups -OCH3 is 3. The van der Waals surface area contributed by atoms with E-state index in [0.29, 0.717) is 28.4 Å². The number of nitrogens with one attached hydrogen (secondary N) is 1. The molecule has 0 bridgehead atoms. The molecular weight excluding hydrogens is 315 g/mol. The topological polar surface area (TPSA) is 69.2 Å². The van der Waals surface area contributed by atoms with Gasteiger partial charge in [0.2, 0.25) is 5.75 Å². The highest BCUT2D eigenvalue weighted by Gasteiger charge is 2.16. The SMILES string of the molecule is COc1cc(C(=O)N/N=C\c2ccc(F)cc2)cc(OC)c1OC. The summed E-state index contributed by atoms with van der Waals surface area (Å²) >= 11 is 0. The van der Waals surface area contributed by atoms with Crippen LogP contribution in [-0.4, -0.2) is 33.5 Å². The number of hydrogen-bond acceptors (Lipinski definition) is 5. The van der Waals surface area contributed by atoms with Crippen molar-refractivity contribution in [3.8, 4) is 17.2 Å². The van der Waals surface area contributed by atoms with Crippen molar-refractivity contribution in [2.45, 2.75) is 0 Å². The van der Waals surface area contributed by atoms with Crippen LogP contribution in [0.3, 0.4) is 0 Å². The molecule has 0 aliphatic heterocycles. The molecule has 0 radical (unpaired) electrons. The third-order valence-electron chi connectivity index (χ3n) is 3.18. The fourth-order valence-corrected chi connectivity index (χ4v) is 1.99. The van der Waals surface area contributed by atoms with Gasteiger partial charge in [0.05, 0.1) is 27.5 Å². The molecule has 0 aliphatic rings. The highest BCUT2D eigenvalue weighted by molar-refractivity contribution is 5.96. The van der Waals surface area contributed by atoms with Gasteiger partial charge in [-0.25, -0.2) is 9.82 Å². The summed E-state index contributed by atoms with van der Waals surface area (Å²) in [5, 5.41) is 3.84. The summed E-state index contributed by atoms with van der Waals surface area (Å²) in [5.41, 5.74) is 3.33. The first-order valence-electron chi connectivity index (χ1n) is 6.98. The molecule has 0 saturated carbocycles. The summed E-state index contributed by atoms with van der Waals surface area (Å²) in [5.74, 6) is 0.335. The van der Waals surface area contributed by atoms with Crippen molar-refractivity contribution >= 4 is 12.1 Å². The van der Waals surface area contributed by atoms with Gasteiger partial charge in [-0.3, -0.25) is 4.79 Å². The number of carbonyl (C=O) groups is 1. The third kappa shape index (κ3) is 4.01. The van der Waals surface area contributed by atoms with E-state index in [4.69, 9.17) is 14.2 Å². The average molecular weight is 332 g/mol. The Balaban J connectivity index is 2.15. The second kappa shape index (κ2) is 7.96. The Morgan fingerprint density at radius 3 is 2.12 bits per heavy atom. The van der Waals surface area contributed by atoms with Crippen molar-refractivity contribution in [1.29, 1.82) is 0 Å². The van der Waals surface area contributed by atoms with E-state index >= 15 is 0 Å². The second-order valence-corrected chi connectivity index (χ2v) is 4.66. The summed E-state index contributed by atoms with van der Waals surface area (Å²) in [4.78, 5) is 12.2. The molecule has 6 nitrogen and oxygen atoms in total. The van der Waals surface area contributed by atoms with Crippen LogP contribution < -0.4 is 19.6 Å². The molecule has 0 aliphatic carbocycles. The van der Waals surface area contributed by atoms with Crippen LogP contribution in [0.1, 0.15) is 15.9 Å². The molecule has 2 aromatic rings. The average Bonchev–Trinajstić information content (AvgIpc) is 2.61. The van der Waals surface area contributed by atoms with Crippen LogP contribution in [0, 0.1) is 5.82 Å². The van der Waals surface area contributed by atoms with Crippen LogP contribution in [0.15, 0.2) is 41.5 Å². The highest BCUT2D eigenvalue weighted by atomic mass is 19.1. The predicted octanol–water partition coefficient (Wildman–Crippen LogP) is 2.62. The summed E-state index contributed by atoms with van der Waals surface area (Å²) in [6.07, 6.45) is 1.41. The van der Waals surface area contributed by atoms with E-state index in [9.17, 15) is 9.18 Å². The van der Waals surface area contributed by atoms with E-state index in [0.717, 1.165) is 0 Å². The number of halogens is 1. The third-order valence-corrected chi connectivity index (χ3v) is 3.18. The lowest BCUT2D eigenvalue weighted by Crippen LogP contribution is -2.18. The predicted molar refractivity (Wildman–Crippen MR) is 87.6 cm³/mol. The van der Waals surface area contributed by atoms with E-state index in [1.54, 1.807) is 12.1 Å². The molecule has 7 heteroatoms. The lowest BCUT2D eigenvalue weighted by Gasteiger charge is -2.13. The van der Waals surface area contributed by atoms with Crippen LogP contribution in [-0.2, 0) is 0 Å². The number of ether oxygens (including phenoxy) is 3. The number of benzene rings is 2. The molecule has 0 saturated heterocycles. The van der Waals surface area contributed by atoms with Crippen molar-refractivity contribution in [3.63, 3.8) is 0 Å². The molecule has 0 heterocycles. The van der Waals surface area contributed by atoms with Crippen LogP contribution >= 0.6 is 0 Å². The fraction of sp³-hybridized carbons (Fsp3) is 0.176. The molecule has 1 amide bonds. The summed E-state index contributed by atoms with van der Waals surface area (Å²) in [6.45, 7) is 0. The molecule has 0 aromatic heterocycles. The molecule has 0 unspecified atom stereocenters. The largest absolute Gasteiger partial charge is 0.493 e. The second-order valence-electron chi connectivity index (χ2n) is 4.66. The molecule has 0 atom stereocenters. The van der Waals surface area contributed by atoms with Gasteiger partial charge in [-0.1, -0.05) is 12.1 Å². The highest BCUT2D eigenvalue weighted by Crippen LogP contribution is 2.38. The van der Waals surface area contributed by atoms with Crippen molar-refractivity contribution in [2.75, 3.05) is 21.3 Å². The lowest BCUT2D eigenvalue weighted by atomic mass is 10.1. The van der Waals surface area contributed by atoms with Gasteiger partial charge < -0.3 is 14.2 Å². The van der Waals surface area contributed by atoms with Gasteiger partial charge in [0.15, 0.2) is 11.5 Å². The number of nitrogens with zero attached hydrogens (tertiary/aromatic N) is 1. The molecule has 0 fully saturated rings. The normalized spacial score (nSPS) is 10.5. The minimum absolute atomic E-state index is 0.292. The van der Waals surface area contributed by atoms with Crippen molar-refractivity contribution in [2.24, 2.45) is 5.10 Å². The van der Waals surface area contributed by atoms with Gasteiger partial charge in [0.25, 0.3) is 5.91 Å². The van der Waals surface area contributed by atoms with Crippen LogP contribution in [0.4, 0.5) is 4.39 Å². The first-order chi connectivity index (χ1) is 11.6. The number of hydrogen-bond donors (Lipinski definition) is 1. The van der Waals surface area contributed by atoms with Gasteiger partial charge in [-0.2, -0.15) is 5.10 Å². The summed E-state index contributed by atoms with van der Waals surface area (Å²) in [7, 11) is 4.41. The van der Waals surface area contributed by atoms with E-state index < -0.39 is 5.91 Å². The van der Waals surface area contributed by atoms with Gasteiger partial charge in [0, 0.05) is 5.56 Å². The first-order valence-corrected chi connectivity index (χ1v) is 6.98. The maximum absolute atomic E-state index is 12.8. The Morgan fingerprint density at radius 1 is 1.04 bits per heavy atom. The molecule has 2 rings (SSSR count). The first kappa shape index (κ1) is 17.3. The van der Waals surface area contributed by atoms with E-state index in [1.807, 2.05) is 0 Å². The van der Waals surface area contributed by atoms with Crippen molar-refractivity contribution in [3.05, 3.63) is 53.3 Å². The van der Waals surface area contributed by atoms with E-state index in [-0.39, 0.29) is 5.82 Å². The van der Waals surface area contributed by atoms with Gasteiger partial charge >= 0.3 is 0 Å². The van der Waals surface area contributed by atoms with Crippen LogP contribution in [0.2, 0.25) is 0 Å². The van der Waals surface area contributed by atoms with Crippen LogP contribution in [0.25, 0.3) is 0 Å². The summed E-state index contributed by atoms with van der Waals surface area (Å²) in [6, 6.07) is 8.74. The Kier molecular flexibility index (Phi) is 5.73. The molecule has 126 valence electrons. The zero-order valence-electron chi connectivity index (χ0n) is 13.5. The Bertz CT molecular complexity index is 720. The Hall–Kier alpha value is -3.09. The fourth-order valence-electron chi connectivity index (χ4n) is 1.99. The lowest BCUT2D eigenvalue weighted by molar-refractivity contribution is 0.0954. The summed E-state index contributed by atoms with van der Waals surface area (Å²) < 4.78 is 28.4. The van der Waals surface area contributed by atoms with Gasteiger partial charge in [0.1, 0.15) is 5.82 Å². The van der Waals surface area contributed by atoms with E-state index in [1.165, 1.54) is 51.8 Å². The maximum Gasteiger partial charge on any atom is 0.271 e. The minimum atomic E-state index is -0.451. The zero-order chi connectivity index (χ0) is 17.5. The Labute approximate surface area is 138 Å². The number of hydrazone groups is 1. The number of carbonyl (C=O) groups excluding carboxylic acids is 1. The van der Waals surface area contributed by atoms with Crippen LogP contribution in [0.5, 0.6) is 17.2 Å². The number of amides is 1. The monoisotopic (exact) mass is 332 g/mol. The molecule has 2 aromatic carbocycles. The smallest absolute Gasteiger partial charge is 0.271 e. The van der Waals surface area contributed by atoms with Gasteiger partial charge in [-0.15, -0.1) is 0 Å². The maximum atomic E-state index is 12.8. The molecule has 0 spiro atoms. The molecule has 24 heavy (non-hydrogen) atoms. The van der Waals surface area contributed by atoms with E-state index in [2.05, 4.69) is 10.5 Å². The minimum Gasteiger partial charge on any atom is -0.493 e. The molecule has 1 N–H and O–H groups in total. The molecular formula is C17H17FN2O4. The standard InChI is InChI=1S/C17H17FN2O4/c1-22-14-8-12(9-15(23-2)16(14)24-3)17(21)20-19-10-11-4-6-13(18)7-5-11/h4-10H,1-3H3,(H,20,21)/b19-10-. The van der Waals surface area contributed by atoms with Crippen molar-refractivity contribution in [1.82, 2.24) is 5.43 Å².